The molecule has 1 N–H and O–H groups in total. The Morgan fingerprint density at radius 2 is 2.07 bits per heavy atom. The van der Waals surface area contributed by atoms with Crippen molar-refractivity contribution >= 4 is 22.6 Å². The van der Waals surface area contributed by atoms with Gasteiger partial charge in [-0.25, -0.2) is 9.97 Å². The Morgan fingerprint density at radius 3 is 2.81 bits per heavy atom. The van der Waals surface area contributed by atoms with Crippen LogP contribution in [0, 0.1) is 0 Å². The zero-order valence-electron chi connectivity index (χ0n) is 16.4. The van der Waals surface area contributed by atoms with Gasteiger partial charge in [0.15, 0.2) is 5.82 Å². The number of carbonyl (C=O) groups is 1. The first-order chi connectivity index (χ1) is 13.0. The summed E-state index contributed by atoms with van der Waals surface area (Å²) in [5.74, 6) is 1.47. The molecule has 3 rings (SSSR count). The van der Waals surface area contributed by atoms with Crippen molar-refractivity contribution in [3.8, 4) is 0 Å². The van der Waals surface area contributed by atoms with Crippen molar-refractivity contribution in [1.82, 2.24) is 19.8 Å². The maximum Gasteiger partial charge on any atom is 0.251 e. The average Bonchev–Trinajstić information content (AvgIpc) is 3.19. The molecule has 7 heteroatoms. The minimum Gasteiger partial charge on any atom is -0.369 e. The highest BCUT2D eigenvalue weighted by Crippen LogP contribution is 2.21. The van der Waals surface area contributed by atoms with Gasteiger partial charge in [-0.2, -0.15) is 0 Å². The van der Waals surface area contributed by atoms with E-state index >= 15 is 0 Å². The normalized spacial score (nSPS) is 16.8. The van der Waals surface area contributed by atoms with Crippen LogP contribution in [0.3, 0.4) is 0 Å². The van der Waals surface area contributed by atoms with Crippen LogP contribution in [0.15, 0.2) is 24.3 Å². The summed E-state index contributed by atoms with van der Waals surface area (Å²) in [7, 11) is 5.92. The van der Waals surface area contributed by atoms with Gasteiger partial charge in [-0.05, 0) is 52.0 Å². The number of nitrogens with one attached hydrogen (secondary N) is 1. The van der Waals surface area contributed by atoms with Crippen LogP contribution in [0.25, 0.3) is 10.9 Å². The van der Waals surface area contributed by atoms with E-state index in [1.807, 2.05) is 24.3 Å². The van der Waals surface area contributed by atoms with E-state index in [0.29, 0.717) is 19.0 Å². The highest BCUT2D eigenvalue weighted by molar-refractivity contribution is 5.89. The number of nitrogens with zero attached hydrogens (tertiary/aromatic N) is 4. The number of ether oxygens (including phenoxy) is 1. The number of rotatable bonds is 8. The summed E-state index contributed by atoms with van der Waals surface area (Å²) in [6.45, 7) is 2.89. The number of fused-ring (bicyclic) bond motifs is 1. The lowest BCUT2D eigenvalue weighted by molar-refractivity contribution is -0.140. The van der Waals surface area contributed by atoms with Crippen molar-refractivity contribution in [3.05, 3.63) is 30.1 Å². The molecule has 1 aliphatic heterocycles. The number of anilines is 1. The SMILES string of the molecule is CN(C)CCCNc1nc(CN(C)C(=O)C2CCCO2)nc2ccccc12. The molecule has 0 radical (unpaired) electrons. The van der Waals surface area contributed by atoms with Crippen molar-refractivity contribution in [2.75, 3.05) is 46.2 Å². The molecule has 0 aliphatic carbocycles. The summed E-state index contributed by atoms with van der Waals surface area (Å²) in [5, 5.41) is 4.43. The molecule has 0 saturated carbocycles. The third kappa shape index (κ3) is 5.14. The Balaban J connectivity index is 1.73. The number of aromatic nitrogens is 2. The van der Waals surface area contributed by atoms with Crippen LogP contribution in [-0.2, 0) is 16.1 Å². The number of amides is 1. The molecule has 1 saturated heterocycles. The molecule has 1 amide bonds. The van der Waals surface area contributed by atoms with E-state index in [0.717, 1.165) is 49.1 Å². The minimum atomic E-state index is -0.320. The molecule has 1 aliphatic rings. The molecule has 0 bridgehead atoms. The third-order valence-corrected chi connectivity index (χ3v) is 4.68. The Kier molecular flexibility index (Phi) is 6.58. The van der Waals surface area contributed by atoms with E-state index in [-0.39, 0.29) is 12.0 Å². The van der Waals surface area contributed by atoms with Gasteiger partial charge in [-0.1, -0.05) is 12.1 Å². The van der Waals surface area contributed by atoms with E-state index in [1.165, 1.54) is 0 Å². The fourth-order valence-corrected chi connectivity index (χ4v) is 3.24. The Hall–Kier alpha value is -2.25. The van der Waals surface area contributed by atoms with Crippen LogP contribution >= 0.6 is 0 Å². The van der Waals surface area contributed by atoms with Gasteiger partial charge in [-0.3, -0.25) is 4.79 Å². The Bertz CT molecular complexity index is 774. The monoisotopic (exact) mass is 371 g/mol. The maximum absolute atomic E-state index is 12.5. The summed E-state index contributed by atoms with van der Waals surface area (Å²) in [6, 6.07) is 7.96. The van der Waals surface area contributed by atoms with Gasteiger partial charge in [0.05, 0.1) is 12.1 Å². The molecule has 7 nitrogen and oxygen atoms in total. The fourth-order valence-electron chi connectivity index (χ4n) is 3.24. The van der Waals surface area contributed by atoms with Gasteiger partial charge < -0.3 is 19.9 Å². The van der Waals surface area contributed by atoms with Crippen molar-refractivity contribution in [2.45, 2.75) is 31.9 Å². The van der Waals surface area contributed by atoms with Crippen LogP contribution in [-0.4, -0.2) is 72.6 Å². The topological polar surface area (TPSA) is 70.6 Å². The molecule has 2 aromatic rings. The Morgan fingerprint density at radius 1 is 1.26 bits per heavy atom. The molecule has 1 unspecified atom stereocenters. The zero-order valence-corrected chi connectivity index (χ0v) is 16.4. The van der Waals surface area contributed by atoms with Gasteiger partial charge in [0, 0.05) is 25.6 Å². The predicted molar refractivity (Wildman–Crippen MR) is 107 cm³/mol. The number of likely N-dealkylation sites (N-methyl/N-ethyl adjacent to an activating group) is 1. The number of para-hydroxylation sites is 1. The largest absolute Gasteiger partial charge is 0.369 e. The lowest BCUT2D eigenvalue weighted by Gasteiger charge is -2.20. The minimum absolute atomic E-state index is 0.00440. The van der Waals surface area contributed by atoms with Crippen molar-refractivity contribution in [3.63, 3.8) is 0 Å². The van der Waals surface area contributed by atoms with Crippen LogP contribution < -0.4 is 5.32 Å². The lowest BCUT2D eigenvalue weighted by atomic mass is 10.2. The second kappa shape index (κ2) is 9.10. The van der Waals surface area contributed by atoms with Crippen molar-refractivity contribution < 1.29 is 9.53 Å². The van der Waals surface area contributed by atoms with E-state index in [4.69, 9.17) is 9.72 Å². The van der Waals surface area contributed by atoms with Crippen LogP contribution in [0.2, 0.25) is 0 Å². The molecule has 27 heavy (non-hydrogen) atoms. The van der Waals surface area contributed by atoms with E-state index in [1.54, 1.807) is 11.9 Å². The first-order valence-corrected chi connectivity index (χ1v) is 9.55. The Labute approximate surface area is 160 Å². The number of hydrogen-bond donors (Lipinski definition) is 1. The molecule has 2 heterocycles. The summed E-state index contributed by atoms with van der Waals surface area (Å²) >= 11 is 0. The lowest BCUT2D eigenvalue weighted by Crippen LogP contribution is -2.36. The smallest absolute Gasteiger partial charge is 0.251 e. The number of benzene rings is 1. The van der Waals surface area contributed by atoms with Crippen LogP contribution in [0.4, 0.5) is 5.82 Å². The van der Waals surface area contributed by atoms with E-state index in [9.17, 15) is 4.79 Å². The standard InChI is InChI=1S/C20H29N5O2/c1-24(2)12-7-11-21-19-15-8-4-5-9-16(15)22-18(23-19)14-25(3)20(26)17-10-6-13-27-17/h4-5,8-9,17H,6-7,10-14H2,1-3H3,(H,21,22,23). The molecule has 1 atom stereocenters. The second-order valence-electron chi connectivity index (χ2n) is 7.29. The zero-order chi connectivity index (χ0) is 19.2. The summed E-state index contributed by atoms with van der Waals surface area (Å²) in [4.78, 5) is 25.7. The highest BCUT2D eigenvalue weighted by atomic mass is 16.5. The predicted octanol–water partition coefficient (Wildman–Crippen LogP) is 2.13. The summed E-state index contributed by atoms with van der Waals surface area (Å²) in [6.07, 6.45) is 2.44. The highest BCUT2D eigenvalue weighted by Gasteiger charge is 2.27. The van der Waals surface area contributed by atoms with E-state index in [2.05, 4.69) is 29.3 Å². The number of hydrogen-bond acceptors (Lipinski definition) is 6. The van der Waals surface area contributed by atoms with Crippen LogP contribution in [0.1, 0.15) is 25.1 Å². The third-order valence-electron chi connectivity index (χ3n) is 4.68. The van der Waals surface area contributed by atoms with Gasteiger partial charge in [0.25, 0.3) is 5.91 Å². The molecule has 1 aromatic heterocycles. The first-order valence-electron chi connectivity index (χ1n) is 9.55. The molecular formula is C20H29N5O2. The molecule has 0 spiro atoms. The average molecular weight is 371 g/mol. The fraction of sp³-hybridized carbons (Fsp3) is 0.550. The van der Waals surface area contributed by atoms with Gasteiger partial charge in [0.1, 0.15) is 11.9 Å². The van der Waals surface area contributed by atoms with Crippen molar-refractivity contribution in [2.24, 2.45) is 0 Å². The van der Waals surface area contributed by atoms with E-state index < -0.39 is 0 Å². The summed E-state index contributed by atoms with van der Waals surface area (Å²) in [5.41, 5.74) is 0.885. The molecule has 1 aromatic carbocycles. The second-order valence-corrected chi connectivity index (χ2v) is 7.29. The maximum atomic E-state index is 12.5. The molecular weight excluding hydrogens is 342 g/mol. The van der Waals surface area contributed by atoms with Gasteiger partial charge in [-0.15, -0.1) is 0 Å². The van der Waals surface area contributed by atoms with Gasteiger partial charge >= 0.3 is 0 Å². The first kappa shape index (κ1) is 19.5. The molecule has 1 fully saturated rings. The number of carbonyl (C=O) groups excluding carboxylic acids is 1. The molecule has 146 valence electrons. The quantitative estimate of drug-likeness (QED) is 0.717. The summed E-state index contributed by atoms with van der Waals surface area (Å²) < 4.78 is 5.50. The van der Waals surface area contributed by atoms with Gasteiger partial charge in [0.2, 0.25) is 0 Å². The van der Waals surface area contributed by atoms with Crippen LogP contribution in [0.5, 0.6) is 0 Å². The van der Waals surface area contributed by atoms with Crippen molar-refractivity contribution in [1.29, 1.82) is 0 Å².